The highest BCUT2D eigenvalue weighted by Crippen LogP contribution is 2.27. The van der Waals surface area contributed by atoms with Crippen LogP contribution in [-0.2, 0) is 6.42 Å². The molecule has 1 atom stereocenters. The SMILES string of the molecule is CCCC(C)(CNCC(C)C)Cc1ccoc1. The topological polar surface area (TPSA) is 25.2 Å². The summed E-state index contributed by atoms with van der Waals surface area (Å²) in [6, 6.07) is 2.08. The van der Waals surface area contributed by atoms with Gasteiger partial charge in [0.05, 0.1) is 12.5 Å². The maximum absolute atomic E-state index is 5.16. The van der Waals surface area contributed by atoms with Crippen LogP contribution in [0.2, 0.25) is 0 Å². The molecule has 0 bridgehead atoms. The van der Waals surface area contributed by atoms with Gasteiger partial charge in [-0.2, -0.15) is 0 Å². The van der Waals surface area contributed by atoms with E-state index in [4.69, 9.17) is 4.42 Å². The van der Waals surface area contributed by atoms with E-state index in [9.17, 15) is 0 Å². The van der Waals surface area contributed by atoms with Crippen molar-refractivity contribution in [1.29, 1.82) is 0 Å². The lowest BCUT2D eigenvalue weighted by Crippen LogP contribution is -2.35. The Morgan fingerprint density at radius 1 is 1.41 bits per heavy atom. The molecule has 1 aromatic heterocycles. The molecule has 0 aliphatic rings. The average Bonchev–Trinajstić information content (AvgIpc) is 2.69. The van der Waals surface area contributed by atoms with Gasteiger partial charge in [-0.1, -0.05) is 34.1 Å². The monoisotopic (exact) mass is 237 g/mol. The fraction of sp³-hybridized carbons (Fsp3) is 0.733. The minimum Gasteiger partial charge on any atom is -0.472 e. The van der Waals surface area contributed by atoms with Gasteiger partial charge in [0.15, 0.2) is 0 Å². The minimum atomic E-state index is 0.341. The van der Waals surface area contributed by atoms with Crippen LogP contribution in [0, 0.1) is 11.3 Å². The molecule has 0 saturated heterocycles. The minimum absolute atomic E-state index is 0.341. The van der Waals surface area contributed by atoms with Gasteiger partial charge in [0.2, 0.25) is 0 Å². The summed E-state index contributed by atoms with van der Waals surface area (Å²) in [4.78, 5) is 0. The summed E-state index contributed by atoms with van der Waals surface area (Å²) in [6.07, 6.45) is 7.23. The van der Waals surface area contributed by atoms with Crippen LogP contribution in [-0.4, -0.2) is 13.1 Å². The quantitative estimate of drug-likeness (QED) is 0.742. The highest BCUT2D eigenvalue weighted by atomic mass is 16.3. The lowest BCUT2D eigenvalue weighted by atomic mass is 9.80. The fourth-order valence-corrected chi connectivity index (χ4v) is 2.39. The zero-order chi connectivity index (χ0) is 12.7. The summed E-state index contributed by atoms with van der Waals surface area (Å²) in [5.41, 5.74) is 1.65. The summed E-state index contributed by atoms with van der Waals surface area (Å²) < 4.78 is 5.16. The third-order valence-corrected chi connectivity index (χ3v) is 3.17. The summed E-state index contributed by atoms with van der Waals surface area (Å²) in [7, 11) is 0. The van der Waals surface area contributed by atoms with E-state index in [2.05, 4.69) is 39.1 Å². The molecule has 1 heterocycles. The standard InChI is InChI=1S/C15H27NO/c1-5-7-15(4,12-16-10-13(2)3)9-14-6-8-17-11-14/h6,8,11,13,16H,5,7,9-10,12H2,1-4H3. The van der Waals surface area contributed by atoms with Gasteiger partial charge in [-0.3, -0.25) is 0 Å². The van der Waals surface area contributed by atoms with Gasteiger partial charge in [-0.25, -0.2) is 0 Å². The van der Waals surface area contributed by atoms with E-state index >= 15 is 0 Å². The molecule has 1 aromatic rings. The van der Waals surface area contributed by atoms with Crippen molar-refractivity contribution in [3.63, 3.8) is 0 Å². The zero-order valence-corrected chi connectivity index (χ0v) is 11.8. The van der Waals surface area contributed by atoms with Crippen LogP contribution in [0.15, 0.2) is 23.0 Å². The van der Waals surface area contributed by atoms with Crippen LogP contribution in [0.25, 0.3) is 0 Å². The summed E-state index contributed by atoms with van der Waals surface area (Å²) in [5.74, 6) is 0.717. The maximum Gasteiger partial charge on any atom is 0.0934 e. The number of nitrogens with one attached hydrogen (secondary N) is 1. The van der Waals surface area contributed by atoms with Crippen molar-refractivity contribution in [2.75, 3.05) is 13.1 Å². The Bertz CT molecular complexity index is 292. The molecule has 1 unspecified atom stereocenters. The van der Waals surface area contributed by atoms with Crippen molar-refractivity contribution in [1.82, 2.24) is 5.32 Å². The number of hydrogen-bond acceptors (Lipinski definition) is 2. The van der Waals surface area contributed by atoms with Crippen LogP contribution in [0.3, 0.4) is 0 Å². The molecule has 0 aliphatic heterocycles. The molecule has 0 radical (unpaired) electrons. The van der Waals surface area contributed by atoms with Crippen LogP contribution >= 0.6 is 0 Å². The Labute approximate surface area is 106 Å². The molecular weight excluding hydrogens is 210 g/mol. The van der Waals surface area contributed by atoms with E-state index in [1.165, 1.54) is 18.4 Å². The van der Waals surface area contributed by atoms with Gasteiger partial charge in [-0.15, -0.1) is 0 Å². The van der Waals surface area contributed by atoms with Gasteiger partial charge in [0.1, 0.15) is 0 Å². The lowest BCUT2D eigenvalue weighted by Gasteiger charge is -2.29. The van der Waals surface area contributed by atoms with Crippen molar-refractivity contribution in [3.05, 3.63) is 24.2 Å². The number of furan rings is 1. The highest BCUT2D eigenvalue weighted by Gasteiger charge is 2.23. The predicted octanol–water partition coefficient (Wildman–Crippen LogP) is 3.87. The smallest absolute Gasteiger partial charge is 0.0934 e. The predicted molar refractivity (Wildman–Crippen MR) is 73.1 cm³/mol. The first-order valence-electron chi connectivity index (χ1n) is 6.77. The summed E-state index contributed by atoms with van der Waals surface area (Å²) in [6.45, 7) is 11.3. The first kappa shape index (κ1) is 14.3. The molecule has 0 spiro atoms. The Kier molecular flexibility index (Phi) is 5.76. The van der Waals surface area contributed by atoms with E-state index in [1.54, 1.807) is 6.26 Å². The van der Waals surface area contributed by atoms with Crippen LogP contribution in [0.1, 0.15) is 46.1 Å². The number of hydrogen-bond donors (Lipinski definition) is 1. The molecule has 0 saturated carbocycles. The van der Waals surface area contributed by atoms with Crippen LogP contribution in [0.5, 0.6) is 0 Å². The van der Waals surface area contributed by atoms with E-state index in [0.717, 1.165) is 25.4 Å². The molecule has 1 rings (SSSR count). The van der Waals surface area contributed by atoms with Gasteiger partial charge >= 0.3 is 0 Å². The Hall–Kier alpha value is -0.760. The van der Waals surface area contributed by atoms with Crippen molar-refractivity contribution < 1.29 is 4.42 Å². The molecule has 17 heavy (non-hydrogen) atoms. The normalized spacial score (nSPS) is 15.1. The van der Waals surface area contributed by atoms with E-state index < -0.39 is 0 Å². The second-order valence-electron chi connectivity index (χ2n) is 5.89. The second kappa shape index (κ2) is 6.85. The van der Waals surface area contributed by atoms with Gasteiger partial charge in [0.25, 0.3) is 0 Å². The molecule has 0 fully saturated rings. The molecule has 2 heteroatoms. The van der Waals surface area contributed by atoms with Crippen molar-refractivity contribution in [2.24, 2.45) is 11.3 Å². The highest BCUT2D eigenvalue weighted by molar-refractivity contribution is 5.08. The van der Waals surface area contributed by atoms with Crippen molar-refractivity contribution >= 4 is 0 Å². The Morgan fingerprint density at radius 3 is 2.71 bits per heavy atom. The average molecular weight is 237 g/mol. The Balaban J connectivity index is 2.49. The van der Waals surface area contributed by atoms with Crippen LogP contribution in [0.4, 0.5) is 0 Å². The second-order valence-corrected chi connectivity index (χ2v) is 5.89. The third kappa shape index (κ3) is 5.40. The van der Waals surface area contributed by atoms with Gasteiger partial charge in [-0.05, 0) is 42.3 Å². The third-order valence-electron chi connectivity index (χ3n) is 3.17. The molecule has 98 valence electrons. The first-order valence-corrected chi connectivity index (χ1v) is 6.77. The fourth-order valence-electron chi connectivity index (χ4n) is 2.39. The van der Waals surface area contributed by atoms with Crippen molar-refractivity contribution in [2.45, 2.75) is 47.0 Å². The number of rotatable bonds is 8. The molecule has 1 N–H and O–H groups in total. The molecule has 0 amide bonds. The summed E-state index contributed by atoms with van der Waals surface area (Å²) >= 11 is 0. The van der Waals surface area contributed by atoms with Gasteiger partial charge < -0.3 is 9.73 Å². The Morgan fingerprint density at radius 2 is 2.18 bits per heavy atom. The molecule has 0 aliphatic carbocycles. The largest absolute Gasteiger partial charge is 0.472 e. The lowest BCUT2D eigenvalue weighted by molar-refractivity contribution is 0.270. The maximum atomic E-state index is 5.16. The van der Waals surface area contributed by atoms with E-state index in [-0.39, 0.29) is 0 Å². The first-order chi connectivity index (χ1) is 8.06. The molecule has 0 aromatic carbocycles. The van der Waals surface area contributed by atoms with Gasteiger partial charge in [0, 0.05) is 6.54 Å². The molecule has 2 nitrogen and oxygen atoms in total. The van der Waals surface area contributed by atoms with Crippen LogP contribution < -0.4 is 5.32 Å². The van der Waals surface area contributed by atoms with E-state index in [0.29, 0.717) is 5.41 Å². The summed E-state index contributed by atoms with van der Waals surface area (Å²) in [5, 5.41) is 3.59. The van der Waals surface area contributed by atoms with Crippen molar-refractivity contribution in [3.8, 4) is 0 Å². The zero-order valence-electron chi connectivity index (χ0n) is 11.8. The van der Waals surface area contributed by atoms with E-state index in [1.807, 2.05) is 6.26 Å². The molecular formula is C15H27NO.